The zero-order chi connectivity index (χ0) is 40.1. The van der Waals surface area contributed by atoms with Crippen molar-refractivity contribution in [3.8, 4) is 0 Å². The van der Waals surface area contributed by atoms with Crippen LogP contribution in [0, 0.1) is 5.92 Å². The van der Waals surface area contributed by atoms with Gasteiger partial charge in [0.2, 0.25) is 23.5 Å². The second-order valence-corrected chi connectivity index (χ2v) is 15.2. The first kappa shape index (κ1) is 42.5. The van der Waals surface area contributed by atoms with Gasteiger partial charge in [-0.1, -0.05) is 93.3 Å². The van der Waals surface area contributed by atoms with Crippen molar-refractivity contribution >= 4 is 41.5 Å². The highest BCUT2D eigenvalue weighted by Gasteiger charge is 2.45. The van der Waals surface area contributed by atoms with Crippen molar-refractivity contribution in [3.05, 3.63) is 71.8 Å². The van der Waals surface area contributed by atoms with Crippen LogP contribution in [0.4, 0.5) is 4.79 Å². The molecule has 2 aliphatic rings. The number of carbonyl (C=O) groups excluding carboxylic acids is 7. The lowest BCUT2D eigenvalue weighted by Crippen LogP contribution is -2.58. The Labute approximate surface area is 322 Å². The van der Waals surface area contributed by atoms with Crippen LogP contribution < -0.4 is 21.3 Å². The molecule has 4 N–H and O–H groups in total. The molecule has 2 aromatic carbocycles. The average Bonchev–Trinajstić information content (AvgIpc) is 3.63. The Balaban J connectivity index is 1.50. The van der Waals surface area contributed by atoms with E-state index in [-0.39, 0.29) is 31.2 Å². The third-order valence-corrected chi connectivity index (χ3v) is 9.94. The molecular formula is C41H55N5O9. The number of benzene rings is 2. The fourth-order valence-electron chi connectivity index (χ4n) is 7.24. The van der Waals surface area contributed by atoms with Crippen molar-refractivity contribution in [2.45, 2.75) is 115 Å². The SMILES string of the molecule is CCCC(NC(=O)C1CC(c2ccccc2)CN1C(=O)C(NC(=O)OC(C)(C)C)C1CCCCC1)C(=O)C(=O)NCC(=O)NC(C(=O)OC)c1ccccc1. The smallest absolute Gasteiger partial charge is 0.408 e. The number of hydrogen-bond acceptors (Lipinski definition) is 9. The molecule has 2 aromatic rings. The van der Waals surface area contributed by atoms with E-state index >= 15 is 0 Å². The van der Waals surface area contributed by atoms with Crippen LogP contribution >= 0.6 is 0 Å². The minimum absolute atomic E-state index is 0.121. The molecule has 0 radical (unpaired) electrons. The summed E-state index contributed by atoms with van der Waals surface area (Å²) in [5, 5.41) is 10.4. The number of rotatable bonds is 15. The third-order valence-electron chi connectivity index (χ3n) is 9.94. The number of nitrogens with zero attached hydrogens (tertiary/aromatic N) is 1. The molecule has 0 spiro atoms. The monoisotopic (exact) mass is 761 g/mol. The number of nitrogens with one attached hydrogen (secondary N) is 4. The topological polar surface area (TPSA) is 189 Å². The molecule has 1 saturated carbocycles. The Bertz CT molecular complexity index is 1660. The van der Waals surface area contributed by atoms with Crippen LogP contribution in [-0.4, -0.2) is 90.3 Å². The molecule has 1 saturated heterocycles. The van der Waals surface area contributed by atoms with Gasteiger partial charge in [0, 0.05) is 12.5 Å². The highest BCUT2D eigenvalue weighted by molar-refractivity contribution is 6.38. The summed E-state index contributed by atoms with van der Waals surface area (Å²) in [6, 6.07) is 13.6. The van der Waals surface area contributed by atoms with Gasteiger partial charge >= 0.3 is 12.1 Å². The van der Waals surface area contributed by atoms with Crippen LogP contribution in [0.1, 0.15) is 102 Å². The number of carbonyl (C=O) groups is 7. The summed E-state index contributed by atoms with van der Waals surface area (Å²) in [4.78, 5) is 95.0. The lowest BCUT2D eigenvalue weighted by molar-refractivity contribution is -0.145. The van der Waals surface area contributed by atoms with E-state index in [0.717, 1.165) is 37.7 Å². The number of hydrogen-bond donors (Lipinski definition) is 4. The second-order valence-electron chi connectivity index (χ2n) is 15.2. The molecule has 5 amide bonds. The number of Topliss-reactive ketones (excluding diaryl/α,β-unsaturated/α-hetero) is 1. The molecule has 1 heterocycles. The quantitative estimate of drug-likeness (QED) is 0.154. The van der Waals surface area contributed by atoms with Crippen molar-refractivity contribution in [2.24, 2.45) is 5.92 Å². The van der Waals surface area contributed by atoms with E-state index < -0.39 is 77.8 Å². The lowest BCUT2D eigenvalue weighted by atomic mass is 9.83. The van der Waals surface area contributed by atoms with Crippen LogP contribution in [0.5, 0.6) is 0 Å². The molecule has 0 aromatic heterocycles. The number of alkyl carbamates (subject to hydrolysis) is 1. The number of likely N-dealkylation sites (tertiary alicyclic amines) is 1. The predicted octanol–water partition coefficient (Wildman–Crippen LogP) is 3.85. The maximum Gasteiger partial charge on any atom is 0.408 e. The number of ether oxygens (including phenoxy) is 2. The Hall–Kier alpha value is -5.27. The van der Waals surface area contributed by atoms with Gasteiger partial charge in [0.25, 0.3) is 5.91 Å². The highest BCUT2D eigenvalue weighted by atomic mass is 16.6. The summed E-state index contributed by atoms with van der Waals surface area (Å²) in [7, 11) is 1.19. The molecule has 4 rings (SSSR count). The first-order chi connectivity index (χ1) is 26.2. The number of esters is 1. The summed E-state index contributed by atoms with van der Waals surface area (Å²) in [5.74, 6) is -4.88. The van der Waals surface area contributed by atoms with E-state index in [1.165, 1.54) is 12.0 Å². The molecule has 1 aliphatic heterocycles. The van der Waals surface area contributed by atoms with Crippen molar-refractivity contribution in [2.75, 3.05) is 20.2 Å². The Morgan fingerprint density at radius 1 is 0.855 bits per heavy atom. The van der Waals surface area contributed by atoms with Gasteiger partial charge in [0.05, 0.1) is 19.7 Å². The normalized spacial score (nSPS) is 18.9. The van der Waals surface area contributed by atoms with Crippen molar-refractivity contribution < 1.29 is 43.0 Å². The van der Waals surface area contributed by atoms with Crippen molar-refractivity contribution in [3.63, 3.8) is 0 Å². The summed E-state index contributed by atoms with van der Waals surface area (Å²) in [6.07, 6.45) is 4.40. The van der Waals surface area contributed by atoms with Gasteiger partial charge in [-0.3, -0.25) is 24.0 Å². The molecule has 0 bridgehead atoms. The van der Waals surface area contributed by atoms with Gasteiger partial charge in [0.1, 0.15) is 17.7 Å². The van der Waals surface area contributed by atoms with Gasteiger partial charge in [-0.2, -0.15) is 0 Å². The molecule has 14 nitrogen and oxygen atoms in total. The molecule has 298 valence electrons. The van der Waals surface area contributed by atoms with E-state index in [9.17, 15) is 33.6 Å². The van der Waals surface area contributed by atoms with E-state index in [2.05, 4.69) is 21.3 Å². The van der Waals surface area contributed by atoms with E-state index in [1.807, 2.05) is 30.3 Å². The first-order valence-corrected chi connectivity index (χ1v) is 19.1. The Kier molecular flexibility index (Phi) is 15.4. The van der Waals surface area contributed by atoms with E-state index in [4.69, 9.17) is 9.47 Å². The first-order valence-electron chi connectivity index (χ1n) is 19.1. The summed E-state index contributed by atoms with van der Waals surface area (Å²) >= 11 is 0. The lowest BCUT2D eigenvalue weighted by Gasteiger charge is -2.35. The molecule has 14 heteroatoms. The fraction of sp³-hybridized carbons (Fsp3) is 0.537. The Morgan fingerprint density at radius 2 is 1.49 bits per heavy atom. The maximum absolute atomic E-state index is 14.5. The number of ketones is 1. The minimum Gasteiger partial charge on any atom is -0.467 e. The standard InChI is InChI=1S/C41H55N5O9/c1-6-16-30(35(48)37(50)42-24-32(47)44-34(39(52)54-5)28-21-14-9-15-22-28)43-36(49)31-23-29(26-17-10-7-11-18-26)25-46(31)38(51)33(27-19-12-8-13-20-27)45-40(53)55-41(2,3)4/h7,9-11,14-15,17-18,21-22,27,29-31,33-34H,6,8,12-13,16,19-20,23-25H2,1-5H3,(H,42,50)(H,43,49)(H,44,47)(H,45,53). The second kappa shape index (κ2) is 19.9. The van der Waals surface area contributed by atoms with Crippen LogP contribution in [0.3, 0.4) is 0 Å². The zero-order valence-corrected chi connectivity index (χ0v) is 32.4. The van der Waals surface area contributed by atoms with Gasteiger partial charge in [-0.25, -0.2) is 9.59 Å². The van der Waals surface area contributed by atoms with Gasteiger partial charge < -0.3 is 35.6 Å². The highest BCUT2D eigenvalue weighted by Crippen LogP contribution is 2.35. The zero-order valence-electron chi connectivity index (χ0n) is 32.4. The van der Waals surface area contributed by atoms with Gasteiger partial charge in [0.15, 0.2) is 6.04 Å². The summed E-state index contributed by atoms with van der Waals surface area (Å²) in [5.41, 5.74) is 0.615. The maximum atomic E-state index is 14.5. The molecule has 5 unspecified atom stereocenters. The molecule has 5 atom stereocenters. The van der Waals surface area contributed by atoms with Gasteiger partial charge in [-0.15, -0.1) is 0 Å². The molecule has 55 heavy (non-hydrogen) atoms. The summed E-state index contributed by atoms with van der Waals surface area (Å²) < 4.78 is 10.3. The number of methoxy groups -OCH3 is 1. The van der Waals surface area contributed by atoms with Crippen LogP contribution in [0.25, 0.3) is 0 Å². The Morgan fingerprint density at radius 3 is 2.09 bits per heavy atom. The number of amides is 5. The van der Waals surface area contributed by atoms with Crippen LogP contribution in [-0.2, 0) is 38.2 Å². The van der Waals surface area contributed by atoms with Crippen molar-refractivity contribution in [1.29, 1.82) is 0 Å². The van der Waals surface area contributed by atoms with E-state index in [0.29, 0.717) is 12.0 Å². The largest absolute Gasteiger partial charge is 0.467 e. The molecule has 1 aliphatic carbocycles. The molecule has 2 fully saturated rings. The third kappa shape index (κ3) is 12.1. The average molecular weight is 762 g/mol. The van der Waals surface area contributed by atoms with Crippen LogP contribution in [0.15, 0.2) is 60.7 Å². The summed E-state index contributed by atoms with van der Waals surface area (Å²) in [6.45, 7) is 6.61. The fourth-order valence-corrected chi connectivity index (χ4v) is 7.24. The van der Waals surface area contributed by atoms with Gasteiger partial charge in [-0.05, 0) is 63.5 Å². The van der Waals surface area contributed by atoms with Crippen molar-refractivity contribution in [1.82, 2.24) is 26.2 Å². The minimum atomic E-state index is -1.24. The molecular weight excluding hydrogens is 706 g/mol. The predicted molar refractivity (Wildman–Crippen MR) is 203 cm³/mol. The van der Waals surface area contributed by atoms with Crippen LogP contribution in [0.2, 0.25) is 0 Å². The van der Waals surface area contributed by atoms with E-state index in [1.54, 1.807) is 58.0 Å².